The van der Waals surface area contributed by atoms with Crippen molar-refractivity contribution in [3.63, 3.8) is 0 Å². The monoisotopic (exact) mass is 485 g/mol. The Hall–Kier alpha value is -3.05. The van der Waals surface area contributed by atoms with Crippen molar-refractivity contribution in [2.45, 2.75) is 24.8 Å². The fourth-order valence-corrected chi connectivity index (χ4v) is 6.13. The quantitative estimate of drug-likeness (QED) is 0.612. The van der Waals surface area contributed by atoms with Crippen LogP contribution in [-0.2, 0) is 22.0 Å². The van der Waals surface area contributed by atoms with Crippen LogP contribution in [0.15, 0.2) is 41.3 Å². The van der Waals surface area contributed by atoms with E-state index in [1.165, 1.54) is 10.6 Å². The molecule has 1 spiro atoms. The Morgan fingerprint density at radius 3 is 2.15 bits per heavy atom. The van der Waals surface area contributed by atoms with E-state index in [0.29, 0.717) is 70.0 Å². The second kappa shape index (κ2) is 8.31. The number of aromatic nitrogens is 2. The van der Waals surface area contributed by atoms with E-state index in [0.717, 1.165) is 0 Å². The summed E-state index contributed by atoms with van der Waals surface area (Å²) in [6.45, 7) is 2.76. The van der Waals surface area contributed by atoms with Crippen LogP contribution in [0.4, 0.5) is 0 Å². The zero-order valence-corrected chi connectivity index (χ0v) is 19.8. The number of aryl methyl sites for hydroxylation is 1. The number of carbonyl (C=O) groups excluding carboxylic acids is 2. The minimum absolute atomic E-state index is 0.0154. The number of sulfonamides is 1. The van der Waals surface area contributed by atoms with Gasteiger partial charge in [0.15, 0.2) is 0 Å². The van der Waals surface area contributed by atoms with Crippen molar-refractivity contribution in [2.75, 3.05) is 45.5 Å². The Morgan fingerprint density at radius 2 is 1.53 bits per heavy atom. The Morgan fingerprint density at radius 1 is 0.912 bits per heavy atom. The third kappa shape index (κ3) is 3.92. The second-order valence-corrected chi connectivity index (χ2v) is 11.3. The van der Waals surface area contributed by atoms with Gasteiger partial charge in [-0.2, -0.15) is 4.98 Å². The highest BCUT2D eigenvalue weighted by molar-refractivity contribution is 7.88. The maximum Gasteiger partial charge on any atom is 0.285 e. The van der Waals surface area contributed by atoms with Gasteiger partial charge in [-0.25, -0.2) is 12.7 Å². The van der Waals surface area contributed by atoms with Gasteiger partial charge in [-0.05, 0) is 25.0 Å². The van der Waals surface area contributed by atoms with E-state index in [1.807, 2.05) is 22.8 Å². The molecule has 2 aromatic rings. The molecular weight excluding hydrogens is 458 g/mol. The topological polar surface area (TPSA) is 113 Å². The van der Waals surface area contributed by atoms with Crippen molar-refractivity contribution < 1.29 is 18.0 Å². The fourth-order valence-electron chi connectivity index (χ4n) is 5.23. The lowest BCUT2D eigenvalue weighted by atomic mass is 9.85. The molecule has 0 aliphatic carbocycles. The first-order chi connectivity index (χ1) is 16.2. The second-order valence-electron chi connectivity index (χ2n) is 9.30. The normalized spacial score (nSPS) is 22.9. The Balaban J connectivity index is 1.30. The van der Waals surface area contributed by atoms with E-state index in [1.54, 1.807) is 28.1 Å². The van der Waals surface area contributed by atoms with Gasteiger partial charge in [0, 0.05) is 63.0 Å². The summed E-state index contributed by atoms with van der Waals surface area (Å²) in [5.74, 6) is 0.111. The Labute approximate surface area is 197 Å². The zero-order valence-electron chi connectivity index (χ0n) is 19.0. The van der Waals surface area contributed by atoms with Gasteiger partial charge in [0.05, 0.1) is 6.26 Å². The third-order valence-corrected chi connectivity index (χ3v) is 8.44. The molecule has 3 aliphatic heterocycles. The van der Waals surface area contributed by atoms with Gasteiger partial charge in [-0.15, -0.1) is 0 Å². The predicted octanol–water partition coefficient (Wildman–Crippen LogP) is 0.148. The van der Waals surface area contributed by atoms with Crippen molar-refractivity contribution in [1.82, 2.24) is 23.7 Å². The van der Waals surface area contributed by atoms with E-state index in [2.05, 4.69) is 4.98 Å². The molecule has 34 heavy (non-hydrogen) atoms. The Bertz CT molecular complexity index is 1300. The lowest BCUT2D eigenvalue weighted by molar-refractivity contribution is 0.0534. The molecule has 2 amide bonds. The lowest BCUT2D eigenvalue weighted by Gasteiger charge is -2.34. The summed E-state index contributed by atoms with van der Waals surface area (Å²) >= 11 is 0. The largest absolute Gasteiger partial charge is 0.335 e. The van der Waals surface area contributed by atoms with Crippen LogP contribution in [0.5, 0.6) is 0 Å². The van der Waals surface area contributed by atoms with Crippen LogP contribution in [0.2, 0.25) is 0 Å². The van der Waals surface area contributed by atoms with E-state index in [4.69, 9.17) is 0 Å². The van der Waals surface area contributed by atoms with Gasteiger partial charge < -0.3 is 14.4 Å². The molecule has 1 aromatic heterocycles. The van der Waals surface area contributed by atoms with E-state index < -0.39 is 21.0 Å². The summed E-state index contributed by atoms with van der Waals surface area (Å²) in [5.41, 5.74) is -0.439. The maximum atomic E-state index is 13.1. The van der Waals surface area contributed by atoms with Crippen LogP contribution < -0.4 is 5.56 Å². The Kier molecular flexibility index (Phi) is 5.56. The standard InChI is InChI=1S/C23H27N5O5S/c1-34(32,33)28-10-8-23(16-28)7-9-27-15-18(19(29)24-22(23)27)21(31)26-13-11-25(12-14-26)20(30)17-5-3-2-4-6-17/h2-6,15H,7-14,16H2,1H3. The SMILES string of the molecule is CS(=O)(=O)N1CCC2(CCn3cc(C(=O)N4CCN(C(=O)c5ccccc5)CC4)c(=O)nc32)C1. The maximum absolute atomic E-state index is 13.1. The number of benzene rings is 1. The number of piperazine rings is 1. The van der Waals surface area contributed by atoms with Crippen LogP contribution >= 0.6 is 0 Å². The van der Waals surface area contributed by atoms with E-state index in [-0.39, 0.29) is 17.4 Å². The van der Waals surface area contributed by atoms with Crippen molar-refractivity contribution in [3.05, 3.63) is 63.8 Å². The fraction of sp³-hybridized carbons (Fsp3) is 0.478. The summed E-state index contributed by atoms with van der Waals surface area (Å²) in [6, 6.07) is 9.02. The number of rotatable bonds is 3. The smallest absolute Gasteiger partial charge is 0.285 e. The van der Waals surface area contributed by atoms with Gasteiger partial charge in [0.25, 0.3) is 17.4 Å². The van der Waals surface area contributed by atoms with Gasteiger partial charge in [-0.3, -0.25) is 14.4 Å². The van der Waals surface area contributed by atoms with Crippen LogP contribution in [-0.4, -0.2) is 89.4 Å². The summed E-state index contributed by atoms with van der Waals surface area (Å²) in [7, 11) is -3.31. The molecule has 2 saturated heterocycles. The molecule has 5 rings (SSSR count). The molecule has 2 fully saturated rings. The van der Waals surface area contributed by atoms with E-state index in [9.17, 15) is 22.8 Å². The number of carbonyl (C=O) groups is 2. The van der Waals surface area contributed by atoms with Gasteiger partial charge in [0.2, 0.25) is 10.0 Å². The number of amides is 2. The molecule has 1 aromatic carbocycles. The highest BCUT2D eigenvalue weighted by Gasteiger charge is 2.48. The molecule has 0 radical (unpaired) electrons. The van der Waals surface area contributed by atoms with Crippen molar-refractivity contribution in [2.24, 2.45) is 0 Å². The summed E-state index contributed by atoms with van der Waals surface area (Å²) < 4.78 is 27.2. The highest BCUT2D eigenvalue weighted by atomic mass is 32.2. The molecule has 1 unspecified atom stereocenters. The molecule has 3 aliphatic rings. The zero-order chi connectivity index (χ0) is 24.1. The number of nitrogens with zero attached hydrogens (tertiary/aromatic N) is 5. The van der Waals surface area contributed by atoms with Crippen molar-refractivity contribution in [3.8, 4) is 0 Å². The minimum Gasteiger partial charge on any atom is -0.335 e. The number of hydrogen-bond acceptors (Lipinski definition) is 6. The molecular formula is C23H27N5O5S. The number of fused-ring (bicyclic) bond motifs is 2. The van der Waals surface area contributed by atoms with Crippen molar-refractivity contribution >= 4 is 21.8 Å². The molecule has 0 bridgehead atoms. The van der Waals surface area contributed by atoms with Gasteiger partial charge in [-0.1, -0.05) is 18.2 Å². The summed E-state index contributed by atoms with van der Waals surface area (Å²) in [6.07, 6.45) is 4.06. The summed E-state index contributed by atoms with van der Waals surface area (Å²) in [4.78, 5) is 46.2. The van der Waals surface area contributed by atoms with E-state index >= 15 is 0 Å². The molecule has 0 saturated carbocycles. The van der Waals surface area contributed by atoms with Gasteiger partial charge in [0.1, 0.15) is 11.4 Å². The average Bonchev–Trinajstić information content (AvgIpc) is 3.43. The third-order valence-electron chi connectivity index (χ3n) is 7.19. The lowest BCUT2D eigenvalue weighted by Crippen LogP contribution is -2.51. The predicted molar refractivity (Wildman–Crippen MR) is 124 cm³/mol. The molecule has 1 atom stereocenters. The number of hydrogen-bond donors (Lipinski definition) is 0. The van der Waals surface area contributed by atoms with Crippen LogP contribution in [0, 0.1) is 0 Å². The average molecular weight is 486 g/mol. The first-order valence-electron chi connectivity index (χ1n) is 11.4. The minimum atomic E-state index is -3.31. The first kappa shape index (κ1) is 22.7. The first-order valence-corrected chi connectivity index (χ1v) is 13.2. The van der Waals surface area contributed by atoms with Crippen LogP contribution in [0.25, 0.3) is 0 Å². The highest BCUT2D eigenvalue weighted by Crippen LogP contribution is 2.41. The van der Waals surface area contributed by atoms with Crippen LogP contribution in [0.3, 0.4) is 0 Å². The molecule has 10 nitrogen and oxygen atoms in total. The van der Waals surface area contributed by atoms with Crippen LogP contribution in [0.1, 0.15) is 39.4 Å². The summed E-state index contributed by atoms with van der Waals surface area (Å²) in [5, 5.41) is 0. The molecule has 0 N–H and O–H groups in total. The molecule has 4 heterocycles. The molecule has 180 valence electrons. The van der Waals surface area contributed by atoms with Crippen molar-refractivity contribution in [1.29, 1.82) is 0 Å². The van der Waals surface area contributed by atoms with Gasteiger partial charge >= 0.3 is 0 Å². The molecule has 11 heteroatoms.